The SMILES string of the molecule is Nc1cnc2ccccc2c1NCCOCCNC(=O)O. The second-order valence-electron chi connectivity index (χ2n) is 4.38. The molecule has 0 unspecified atom stereocenters. The Bertz CT molecular complexity index is 618. The van der Waals surface area contributed by atoms with E-state index in [9.17, 15) is 4.79 Å². The zero-order chi connectivity index (χ0) is 15.1. The molecular formula is C14H18N4O3. The van der Waals surface area contributed by atoms with E-state index in [1.807, 2.05) is 24.3 Å². The summed E-state index contributed by atoms with van der Waals surface area (Å²) in [5.74, 6) is 0. The molecule has 0 aliphatic heterocycles. The predicted octanol–water partition coefficient (Wildman–Crippen LogP) is 1.51. The fraction of sp³-hybridized carbons (Fsp3) is 0.286. The molecule has 1 aromatic carbocycles. The second-order valence-corrected chi connectivity index (χ2v) is 4.38. The minimum absolute atomic E-state index is 0.273. The number of para-hydroxylation sites is 1. The third-order valence-electron chi connectivity index (χ3n) is 2.88. The van der Waals surface area contributed by atoms with E-state index in [1.54, 1.807) is 6.20 Å². The number of hydrogen-bond acceptors (Lipinski definition) is 5. The Kier molecular flexibility index (Phi) is 5.16. The van der Waals surface area contributed by atoms with Crippen LogP contribution in [0.25, 0.3) is 10.9 Å². The number of nitrogens with one attached hydrogen (secondary N) is 2. The van der Waals surface area contributed by atoms with Crippen molar-refractivity contribution in [2.24, 2.45) is 0 Å². The zero-order valence-corrected chi connectivity index (χ0v) is 11.5. The molecule has 112 valence electrons. The van der Waals surface area contributed by atoms with Crippen LogP contribution in [0, 0.1) is 0 Å². The van der Waals surface area contributed by atoms with Gasteiger partial charge < -0.3 is 26.2 Å². The number of carbonyl (C=O) groups is 1. The summed E-state index contributed by atoms with van der Waals surface area (Å²) < 4.78 is 5.31. The highest BCUT2D eigenvalue weighted by atomic mass is 16.5. The van der Waals surface area contributed by atoms with Crippen LogP contribution in [0.5, 0.6) is 0 Å². The maximum absolute atomic E-state index is 10.2. The van der Waals surface area contributed by atoms with Crippen LogP contribution >= 0.6 is 0 Å². The van der Waals surface area contributed by atoms with Crippen LogP contribution in [-0.2, 0) is 4.74 Å². The summed E-state index contributed by atoms with van der Waals surface area (Å²) in [6.07, 6.45) is 0.579. The van der Waals surface area contributed by atoms with Gasteiger partial charge in [0.15, 0.2) is 0 Å². The Labute approximate surface area is 122 Å². The third-order valence-corrected chi connectivity index (χ3v) is 2.88. The van der Waals surface area contributed by atoms with Crippen molar-refractivity contribution in [3.8, 4) is 0 Å². The van der Waals surface area contributed by atoms with Gasteiger partial charge in [-0.3, -0.25) is 4.98 Å². The first kappa shape index (κ1) is 14.9. The average Bonchev–Trinajstić information content (AvgIpc) is 2.48. The highest BCUT2D eigenvalue weighted by Crippen LogP contribution is 2.27. The van der Waals surface area contributed by atoms with E-state index in [0.717, 1.165) is 16.6 Å². The van der Waals surface area contributed by atoms with Gasteiger partial charge in [0.05, 0.1) is 36.3 Å². The maximum Gasteiger partial charge on any atom is 0.404 e. The number of carboxylic acid groups (broad SMARTS) is 1. The number of pyridine rings is 1. The molecule has 21 heavy (non-hydrogen) atoms. The van der Waals surface area contributed by atoms with Gasteiger partial charge in [-0.15, -0.1) is 0 Å². The topological polar surface area (TPSA) is 110 Å². The summed E-state index contributed by atoms with van der Waals surface area (Å²) in [6.45, 7) is 1.64. The van der Waals surface area contributed by atoms with Crippen molar-refractivity contribution in [2.45, 2.75) is 0 Å². The van der Waals surface area contributed by atoms with E-state index in [4.69, 9.17) is 15.6 Å². The number of fused-ring (bicyclic) bond motifs is 1. The first-order valence-corrected chi connectivity index (χ1v) is 6.60. The van der Waals surface area contributed by atoms with Gasteiger partial charge in [0.25, 0.3) is 0 Å². The molecule has 7 heteroatoms. The number of aromatic nitrogens is 1. The molecule has 0 saturated carbocycles. The molecule has 2 aromatic rings. The lowest BCUT2D eigenvalue weighted by atomic mass is 10.1. The quantitative estimate of drug-likeness (QED) is 0.575. The van der Waals surface area contributed by atoms with Crippen molar-refractivity contribution in [2.75, 3.05) is 37.4 Å². The molecule has 7 nitrogen and oxygen atoms in total. The van der Waals surface area contributed by atoms with Crippen molar-refractivity contribution in [3.63, 3.8) is 0 Å². The Hall–Kier alpha value is -2.54. The summed E-state index contributed by atoms with van der Waals surface area (Å²) in [5.41, 5.74) is 8.24. The highest BCUT2D eigenvalue weighted by molar-refractivity contribution is 5.96. The van der Waals surface area contributed by atoms with Crippen LogP contribution in [0.15, 0.2) is 30.5 Å². The fourth-order valence-electron chi connectivity index (χ4n) is 1.93. The van der Waals surface area contributed by atoms with E-state index < -0.39 is 6.09 Å². The van der Waals surface area contributed by atoms with E-state index >= 15 is 0 Å². The number of nitrogens with zero attached hydrogens (tertiary/aromatic N) is 1. The number of nitrogens with two attached hydrogens (primary N) is 1. The first-order valence-electron chi connectivity index (χ1n) is 6.60. The number of benzene rings is 1. The molecule has 0 atom stereocenters. The first-order chi connectivity index (χ1) is 10.2. The lowest BCUT2D eigenvalue weighted by Crippen LogP contribution is -2.26. The molecule has 1 aromatic heterocycles. The van der Waals surface area contributed by atoms with Gasteiger partial charge in [-0.05, 0) is 6.07 Å². The van der Waals surface area contributed by atoms with Crippen LogP contribution in [0.2, 0.25) is 0 Å². The summed E-state index contributed by atoms with van der Waals surface area (Å²) in [6, 6.07) is 7.74. The minimum atomic E-state index is -1.05. The van der Waals surface area contributed by atoms with Crippen molar-refractivity contribution in [1.82, 2.24) is 10.3 Å². The molecule has 2 rings (SSSR count). The Morgan fingerprint density at radius 2 is 2.05 bits per heavy atom. The van der Waals surface area contributed by atoms with Gasteiger partial charge in [0, 0.05) is 18.5 Å². The van der Waals surface area contributed by atoms with Crippen molar-refractivity contribution < 1.29 is 14.6 Å². The summed E-state index contributed by atoms with van der Waals surface area (Å²) in [5, 5.41) is 14.8. The molecule has 0 radical (unpaired) electrons. The molecule has 0 bridgehead atoms. The molecule has 0 fully saturated rings. The molecule has 0 saturated heterocycles. The molecule has 1 amide bonds. The Morgan fingerprint density at radius 1 is 1.29 bits per heavy atom. The molecule has 1 heterocycles. The fourth-order valence-corrected chi connectivity index (χ4v) is 1.93. The van der Waals surface area contributed by atoms with E-state index in [2.05, 4.69) is 15.6 Å². The molecule has 0 spiro atoms. The molecule has 0 aliphatic carbocycles. The third kappa shape index (κ3) is 4.22. The van der Waals surface area contributed by atoms with Gasteiger partial charge in [-0.25, -0.2) is 4.79 Å². The lowest BCUT2D eigenvalue weighted by molar-refractivity contribution is 0.141. The van der Waals surface area contributed by atoms with Gasteiger partial charge in [-0.1, -0.05) is 18.2 Å². The van der Waals surface area contributed by atoms with Crippen molar-refractivity contribution in [3.05, 3.63) is 30.5 Å². The number of ether oxygens (including phenoxy) is 1. The Morgan fingerprint density at radius 3 is 2.86 bits per heavy atom. The van der Waals surface area contributed by atoms with Gasteiger partial charge in [0.2, 0.25) is 0 Å². The number of hydrogen-bond donors (Lipinski definition) is 4. The van der Waals surface area contributed by atoms with Crippen molar-refractivity contribution in [1.29, 1.82) is 0 Å². The number of amides is 1. The average molecular weight is 290 g/mol. The standard InChI is InChI=1S/C14H18N4O3/c15-11-9-18-12-4-2-1-3-10(12)13(11)16-5-7-21-8-6-17-14(19)20/h1-4,9,17H,5-8,15H2,(H,16,18)(H,19,20). The van der Waals surface area contributed by atoms with Gasteiger partial charge in [-0.2, -0.15) is 0 Å². The largest absolute Gasteiger partial charge is 0.465 e. The molecular weight excluding hydrogens is 272 g/mol. The summed E-state index contributed by atoms with van der Waals surface area (Å²) >= 11 is 0. The Balaban J connectivity index is 1.83. The number of anilines is 2. The van der Waals surface area contributed by atoms with E-state index in [-0.39, 0.29) is 6.54 Å². The number of rotatable bonds is 7. The molecule has 5 N–H and O–H groups in total. The van der Waals surface area contributed by atoms with Gasteiger partial charge in [0.1, 0.15) is 0 Å². The highest BCUT2D eigenvalue weighted by Gasteiger charge is 2.05. The zero-order valence-electron chi connectivity index (χ0n) is 11.5. The van der Waals surface area contributed by atoms with E-state index in [0.29, 0.717) is 25.4 Å². The number of nitrogen functional groups attached to an aromatic ring is 1. The van der Waals surface area contributed by atoms with Crippen LogP contribution in [0.4, 0.5) is 16.2 Å². The minimum Gasteiger partial charge on any atom is -0.465 e. The maximum atomic E-state index is 10.2. The summed E-state index contributed by atoms with van der Waals surface area (Å²) in [7, 11) is 0. The lowest BCUT2D eigenvalue weighted by Gasteiger charge is -2.12. The smallest absolute Gasteiger partial charge is 0.404 e. The van der Waals surface area contributed by atoms with Crippen LogP contribution in [-0.4, -0.2) is 42.5 Å². The second kappa shape index (κ2) is 7.30. The van der Waals surface area contributed by atoms with E-state index in [1.165, 1.54) is 0 Å². The molecule has 0 aliphatic rings. The van der Waals surface area contributed by atoms with Crippen molar-refractivity contribution >= 4 is 28.4 Å². The predicted molar refractivity (Wildman–Crippen MR) is 81.5 cm³/mol. The van der Waals surface area contributed by atoms with Crippen LogP contribution in [0.3, 0.4) is 0 Å². The van der Waals surface area contributed by atoms with Crippen LogP contribution < -0.4 is 16.4 Å². The summed E-state index contributed by atoms with van der Waals surface area (Å²) in [4.78, 5) is 14.5. The normalized spacial score (nSPS) is 10.5. The van der Waals surface area contributed by atoms with Crippen LogP contribution in [0.1, 0.15) is 0 Å². The van der Waals surface area contributed by atoms with Gasteiger partial charge >= 0.3 is 6.09 Å². The monoisotopic (exact) mass is 290 g/mol.